The van der Waals surface area contributed by atoms with Crippen LogP contribution in [0, 0.1) is 0 Å². The summed E-state index contributed by atoms with van der Waals surface area (Å²) in [6, 6.07) is 0. The highest BCUT2D eigenvalue weighted by molar-refractivity contribution is 4.52. The van der Waals surface area contributed by atoms with Crippen molar-refractivity contribution in [3.8, 4) is 0 Å². The van der Waals surface area contributed by atoms with Crippen LogP contribution in [-0.2, 0) is 4.84 Å². The largest absolute Gasteiger partial charge is 0.284 e. The zero-order chi connectivity index (χ0) is 7.23. The molecule has 3 heteroatoms. The second-order valence-corrected chi connectivity index (χ2v) is 2.55. The van der Waals surface area contributed by atoms with Gasteiger partial charge in [0, 0.05) is 13.1 Å². The summed E-state index contributed by atoms with van der Waals surface area (Å²) in [5.41, 5.74) is 3.13. The van der Waals surface area contributed by atoms with Gasteiger partial charge in [-0.3, -0.25) is 4.84 Å². The van der Waals surface area contributed by atoms with Crippen LogP contribution in [0.5, 0.6) is 0 Å². The summed E-state index contributed by atoms with van der Waals surface area (Å²) in [4.78, 5) is 5.37. The van der Waals surface area contributed by atoms with Crippen molar-refractivity contribution >= 4 is 0 Å². The molecule has 1 heterocycles. The average molecular weight is 144 g/mol. The molecule has 1 rings (SSSR count). The first kappa shape index (κ1) is 7.98. The molecule has 1 aliphatic heterocycles. The average Bonchev–Trinajstić information content (AvgIpc) is 2.41. The molecule has 0 unspecified atom stereocenters. The van der Waals surface area contributed by atoms with E-state index in [0.29, 0.717) is 0 Å². The monoisotopic (exact) mass is 144 g/mol. The quantitative estimate of drug-likeness (QED) is 0.594. The van der Waals surface area contributed by atoms with Crippen molar-refractivity contribution in [2.24, 2.45) is 0 Å². The highest BCUT2D eigenvalue weighted by Gasteiger charge is 2.09. The molecule has 0 saturated carbocycles. The fourth-order valence-electron chi connectivity index (χ4n) is 0.935. The van der Waals surface area contributed by atoms with E-state index in [1.165, 1.54) is 12.8 Å². The third-order valence-corrected chi connectivity index (χ3v) is 1.57. The van der Waals surface area contributed by atoms with Gasteiger partial charge in [-0.15, -0.1) is 5.17 Å². The van der Waals surface area contributed by atoms with Crippen LogP contribution in [-0.4, -0.2) is 24.9 Å². The van der Waals surface area contributed by atoms with Crippen LogP contribution in [0.15, 0.2) is 0 Å². The smallest absolute Gasteiger partial charge is 0.0701 e. The Bertz CT molecular complexity index is 81.7. The lowest BCUT2D eigenvalue weighted by Gasteiger charge is -2.13. The Labute approximate surface area is 62.3 Å². The fraction of sp³-hybridized carbons (Fsp3) is 1.00. The standard InChI is InChI=1S/C7H16N2O/c1-2-3-7-10-9-6-4-5-8-9/h8H,2-7H2,1H3. The van der Waals surface area contributed by atoms with Gasteiger partial charge in [-0.05, 0) is 12.8 Å². The normalized spacial score (nSPS) is 20.1. The number of hydrogen-bond acceptors (Lipinski definition) is 3. The minimum Gasteiger partial charge on any atom is -0.284 e. The number of rotatable bonds is 4. The molecule has 0 radical (unpaired) electrons. The molecule has 1 N–H and O–H groups in total. The van der Waals surface area contributed by atoms with E-state index in [1.807, 2.05) is 5.17 Å². The van der Waals surface area contributed by atoms with Gasteiger partial charge in [-0.25, -0.2) is 5.43 Å². The van der Waals surface area contributed by atoms with Crippen LogP contribution >= 0.6 is 0 Å². The lowest BCUT2D eigenvalue weighted by Crippen LogP contribution is -2.31. The van der Waals surface area contributed by atoms with Gasteiger partial charge in [0.15, 0.2) is 0 Å². The summed E-state index contributed by atoms with van der Waals surface area (Å²) >= 11 is 0. The van der Waals surface area contributed by atoms with Gasteiger partial charge >= 0.3 is 0 Å². The van der Waals surface area contributed by atoms with E-state index in [-0.39, 0.29) is 0 Å². The molecule has 3 nitrogen and oxygen atoms in total. The van der Waals surface area contributed by atoms with E-state index in [2.05, 4.69) is 12.3 Å². The molecular weight excluding hydrogens is 128 g/mol. The molecule has 0 aliphatic carbocycles. The highest BCUT2D eigenvalue weighted by atomic mass is 16.7. The number of nitrogens with one attached hydrogen (secondary N) is 1. The summed E-state index contributed by atoms with van der Waals surface area (Å²) in [6.45, 7) is 5.11. The van der Waals surface area contributed by atoms with Crippen molar-refractivity contribution in [1.82, 2.24) is 10.6 Å². The maximum Gasteiger partial charge on any atom is 0.0701 e. The van der Waals surface area contributed by atoms with Crippen molar-refractivity contribution in [3.05, 3.63) is 0 Å². The Morgan fingerprint density at radius 1 is 1.60 bits per heavy atom. The molecule has 10 heavy (non-hydrogen) atoms. The maximum absolute atomic E-state index is 5.37. The first-order valence-electron chi connectivity index (χ1n) is 4.07. The molecule has 0 amide bonds. The first-order chi connectivity index (χ1) is 4.93. The van der Waals surface area contributed by atoms with Crippen LogP contribution in [0.25, 0.3) is 0 Å². The maximum atomic E-state index is 5.37. The van der Waals surface area contributed by atoms with Crippen LogP contribution in [0.2, 0.25) is 0 Å². The summed E-state index contributed by atoms with van der Waals surface area (Å²) in [6.07, 6.45) is 3.55. The Morgan fingerprint density at radius 2 is 2.50 bits per heavy atom. The molecule has 0 aromatic carbocycles. The topological polar surface area (TPSA) is 24.5 Å². The predicted molar refractivity (Wildman–Crippen MR) is 40.2 cm³/mol. The first-order valence-corrected chi connectivity index (χ1v) is 4.07. The van der Waals surface area contributed by atoms with E-state index in [1.54, 1.807) is 0 Å². The number of nitrogens with zero attached hydrogens (tertiary/aromatic N) is 1. The van der Waals surface area contributed by atoms with Crippen molar-refractivity contribution < 1.29 is 4.84 Å². The van der Waals surface area contributed by atoms with Gasteiger partial charge in [0.25, 0.3) is 0 Å². The second kappa shape index (κ2) is 4.66. The number of unbranched alkanes of at least 4 members (excludes halogenated alkanes) is 1. The highest BCUT2D eigenvalue weighted by Crippen LogP contribution is 1.98. The Hall–Kier alpha value is -0.120. The van der Waals surface area contributed by atoms with Gasteiger partial charge in [-0.1, -0.05) is 13.3 Å². The Morgan fingerprint density at radius 3 is 3.10 bits per heavy atom. The van der Waals surface area contributed by atoms with E-state index < -0.39 is 0 Å². The van der Waals surface area contributed by atoms with Crippen LogP contribution in [0.1, 0.15) is 26.2 Å². The summed E-state index contributed by atoms with van der Waals surface area (Å²) in [7, 11) is 0. The SMILES string of the molecule is CCCCON1CCCN1. The molecule has 0 aromatic rings. The van der Waals surface area contributed by atoms with Gasteiger partial charge in [0.05, 0.1) is 6.61 Å². The van der Waals surface area contributed by atoms with Gasteiger partial charge in [0.1, 0.15) is 0 Å². The molecule has 0 spiro atoms. The molecule has 1 aliphatic rings. The molecule has 0 aromatic heterocycles. The van der Waals surface area contributed by atoms with Crippen molar-refractivity contribution in [2.45, 2.75) is 26.2 Å². The van der Waals surface area contributed by atoms with Gasteiger partial charge in [-0.2, -0.15) is 0 Å². The van der Waals surface area contributed by atoms with E-state index in [4.69, 9.17) is 4.84 Å². The molecule has 1 fully saturated rings. The van der Waals surface area contributed by atoms with Crippen LogP contribution in [0.4, 0.5) is 0 Å². The molecule has 0 atom stereocenters. The summed E-state index contributed by atoms with van der Waals surface area (Å²) in [5.74, 6) is 0. The lowest BCUT2D eigenvalue weighted by molar-refractivity contribution is -0.177. The van der Waals surface area contributed by atoms with Crippen LogP contribution in [0.3, 0.4) is 0 Å². The molecule has 1 saturated heterocycles. The molecular formula is C7H16N2O. The third-order valence-electron chi connectivity index (χ3n) is 1.57. The third kappa shape index (κ3) is 2.64. The van der Waals surface area contributed by atoms with E-state index in [0.717, 1.165) is 26.1 Å². The number of hydroxylamine groups is 1. The van der Waals surface area contributed by atoms with Crippen LogP contribution < -0.4 is 5.43 Å². The Balaban J connectivity index is 1.91. The lowest BCUT2D eigenvalue weighted by atomic mass is 10.4. The minimum atomic E-state index is 0.851. The molecule has 60 valence electrons. The van der Waals surface area contributed by atoms with Gasteiger partial charge in [0.2, 0.25) is 0 Å². The number of hydrogen-bond donors (Lipinski definition) is 1. The van der Waals surface area contributed by atoms with Gasteiger partial charge < -0.3 is 0 Å². The fourth-order valence-corrected chi connectivity index (χ4v) is 0.935. The zero-order valence-electron chi connectivity index (χ0n) is 6.60. The van der Waals surface area contributed by atoms with Crippen molar-refractivity contribution in [1.29, 1.82) is 0 Å². The zero-order valence-corrected chi connectivity index (χ0v) is 6.60. The molecule has 0 bridgehead atoms. The summed E-state index contributed by atoms with van der Waals surface area (Å²) in [5, 5.41) is 1.84. The minimum absolute atomic E-state index is 0.851. The summed E-state index contributed by atoms with van der Waals surface area (Å²) < 4.78 is 0. The van der Waals surface area contributed by atoms with Crippen molar-refractivity contribution in [3.63, 3.8) is 0 Å². The number of hydrazine groups is 1. The van der Waals surface area contributed by atoms with E-state index in [9.17, 15) is 0 Å². The second-order valence-electron chi connectivity index (χ2n) is 2.55. The van der Waals surface area contributed by atoms with E-state index >= 15 is 0 Å². The Kier molecular flexibility index (Phi) is 3.72. The predicted octanol–water partition coefficient (Wildman–Crippen LogP) is 0.928. The van der Waals surface area contributed by atoms with Crippen molar-refractivity contribution in [2.75, 3.05) is 19.7 Å².